The van der Waals surface area contributed by atoms with Gasteiger partial charge in [0.05, 0.1) is 0 Å². The third-order valence-electron chi connectivity index (χ3n) is 0. The summed E-state index contributed by atoms with van der Waals surface area (Å²) in [7, 11) is 0. The first-order valence-electron chi connectivity index (χ1n) is 1.43. The molecular formula is C4H17KN2O3S2. The molecule has 74 valence electrons. The third-order valence-corrected chi connectivity index (χ3v) is 0. The third kappa shape index (κ3) is 770. The van der Waals surface area contributed by atoms with Crippen molar-refractivity contribution in [2.75, 3.05) is 0 Å². The zero-order chi connectivity index (χ0) is 7.15. The Labute approximate surface area is 128 Å². The van der Waals surface area contributed by atoms with Gasteiger partial charge in [-0.2, -0.15) is 0 Å². The Balaban J connectivity index is -0.00000000800. The number of hydrogen-bond acceptors (Lipinski definition) is 2. The summed E-state index contributed by atoms with van der Waals surface area (Å²) in [6.07, 6.45) is 0. The molecule has 5 nitrogen and oxygen atoms in total. The van der Waals surface area contributed by atoms with Crippen molar-refractivity contribution in [3.05, 3.63) is 0 Å². The van der Waals surface area contributed by atoms with Gasteiger partial charge in [0.2, 0.25) is 0 Å². The number of thiol groups is 2. The fraction of sp³-hybridized carbons (Fsp3) is 0.500. The van der Waals surface area contributed by atoms with Gasteiger partial charge in [-0.3, -0.25) is 9.59 Å². The van der Waals surface area contributed by atoms with Crippen molar-refractivity contribution in [1.29, 1.82) is 0 Å². The van der Waals surface area contributed by atoms with Crippen molar-refractivity contribution in [3.63, 3.8) is 0 Å². The van der Waals surface area contributed by atoms with Crippen molar-refractivity contribution >= 4 is 35.7 Å². The molecule has 0 saturated heterocycles. The second-order valence-electron chi connectivity index (χ2n) is 0.676. The number of rotatable bonds is 0. The topological polar surface area (TPSA) is 118 Å². The van der Waals surface area contributed by atoms with Crippen LogP contribution in [0.25, 0.3) is 0 Å². The van der Waals surface area contributed by atoms with Gasteiger partial charge in [-0.25, -0.2) is 0 Å². The second-order valence-corrected chi connectivity index (χ2v) is 1.56. The van der Waals surface area contributed by atoms with Gasteiger partial charge < -0.3 is 18.4 Å². The van der Waals surface area contributed by atoms with Crippen molar-refractivity contribution in [2.24, 2.45) is 11.5 Å². The first-order chi connectivity index (χ1) is 3.46. The molecular weight excluding hydrogens is 227 g/mol. The van der Waals surface area contributed by atoms with Gasteiger partial charge in [0.15, 0.2) is 0 Å². The minimum Gasteiger partial charge on any atom is -1.00 e. The van der Waals surface area contributed by atoms with Crippen LogP contribution in [0.15, 0.2) is 0 Å². The smallest absolute Gasteiger partial charge is 1.00 e. The summed E-state index contributed by atoms with van der Waals surface area (Å²) in [5.74, 6) is 0. The van der Waals surface area contributed by atoms with Crippen LogP contribution in [0.3, 0.4) is 0 Å². The second kappa shape index (κ2) is 29.5. The molecule has 0 aromatic carbocycles. The molecule has 12 heavy (non-hydrogen) atoms. The molecule has 8 heteroatoms. The molecule has 0 rings (SSSR count). The zero-order valence-corrected chi connectivity index (χ0v) is 10.3. The fourth-order valence-corrected chi connectivity index (χ4v) is 0. The average molecular weight is 244 g/mol. The molecule has 0 aromatic rings. The Bertz CT molecular complexity index is 89.4. The number of nitrogens with two attached hydrogens (primary N) is 2. The predicted molar refractivity (Wildman–Crippen MR) is 55.3 cm³/mol. The maximum Gasteiger partial charge on any atom is 1.00 e. The zero-order valence-electron chi connectivity index (χ0n) is 6.37. The van der Waals surface area contributed by atoms with E-state index < -0.39 is 10.5 Å². The Morgan fingerprint density at radius 1 is 1.00 bits per heavy atom. The van der Waals surface area contributed by atoms with E-state index in [1.807, 2.05) is 0 Å². The molecule has 0 bridgehead atoms. The van der Waals surface area contributed by atoms with Crippen molar-refractivity contribution in [2.45, 2.75) is 14.9 Å². The molecule has 0 aliphatic carbocycles. The van der Waals surface area contributed by atoms with Crippen molar-refractivity contribution in [1.82, 2.24) is 0 Å². The number of carbonyl (C=O) groups is 2. The normalized spacial score (nSPS) is 4.17. The molecule has 0 atom stereocenters. The summed E-state index contributed by atoms with van der Waals surface area (Å²) in [5, 5.41) is -1.28. The van der Waals surface area contributed by atoms with E-state index in [1.54, 1.807) is 0 Å². The largest absolute Gasteiger partial charge is 1.00 e. The minimum atomic E-state index is -0.639. The van der Waals surface area contributed by atoms with E-state index in [4.69, 9.17) is 9.59 Å². The van der Waals surface area contributed by atoms with E-state index in [-0.39, 0.29) is 73.1 Å². The summed E-state index contributed by atoms with van der Waals surface area (Å²) < 4.78 is 0. The first kappa shape index (κ1) is 37.8. The van der Waals surface area contributed by atoms with E-state index in [1.165, 1.54) is 0 Å². The molecule has 6 N–H and O–H groups in total. The molecule has 0 aromatic heterocycles. The van der Waals surface area contributed by atoms with E-state index in [2.05, 4.69) is 36.7 Å². The molecule has 0 spiro atoms. The molecule has 0 aliphatic heterocycles. The van der Waals surface area contributed by atoms with Crippen molar-refractivity contribution < 1.29 is 67.9 Å². The number of amides is 2. The van der Waals surface area contributed by atoms with Crippen LogP contribution in [0, 0.1) is 0 Å². The molecule has 0 fully saturated rings. The summed E-state index contributed by atoms with van der Waals surface area (Å²) >= 11 is 6.21. The Morgan fingerprint density at radius 2 is 1.00 bits per heavy atom. The van der Waals surface area contributed by atoms with Crippen LogP contribution in [0.5, 0.6) is 0 Å². The van der Waals surface area contributed by atoms with Gasteiger partial charge in [-0.1, -0.05) is 40.1 Å². The summed E-state index contributed by atoms with van der Waals surface area (Å²) in [5.41, 5.74) is 8.67. The maximum atomic E-state index is 9.09. The molecule has 0 radical (unpaired) electrons. The molecule has 2 amide bonds. The monoisotopic (exact) mass is 244 g/mol. The Hall–Kier alpha value is 1.24. The van der Waals surface area contributed by atoms with Crippen LogP contribution in [0.4, 0.5) is 9.59 Å². The predicted octanol–water partition coefficient (Wildman–Crippen LogP) is -2.45. The maximum absolute atomic E-state index is 9.09. The Morgan fingerprint density at radius 3 is 1.00 bits per heavy atom. The number of primary amides is 2. The van der Waals surface area contributed by atoms with Gasteiger partial charge >= 0.3 is 51.4 Å². The van der Waals surface area contributed by atoms with Crippen LogP contribution >= 0.6 is 25.3 Å². The average Bonchev–Trinajstić information content (AvgIpc) is 1.25. The van der Waals surface area contributed by atoms with E-state index in [9.17, 15) is 0 Å². The van der Waals surface area contributed by atoms with Crippen LogP contribution < -0.4 is 62.9 Å². The summed E-state index contributed by atoms with van der Waals surface area (Å²) in [4.78, 5) is 18.2. The fourth-order valence-electron chi connectivity index (χ4n) is 0. The van der Waals surface area contributed by atoms with Gasteiger partial charge in [-0.05, 0) is 0 Å². The van der Waals surface area contributed by atoms with Gasteiger partial charge in [-0.15, -0.1) is 0 Å². The minimum absolute atomic E-state index is 0. The van der Waals surface area contributed by atoms with Crippen LogP contribution in [0.1, 0.15) is 16.3 Å². The van der Waals surface area contributed by atoms with Gasteiger partial charge in [0, 0.05) is 0 Å². The van der Waals surface area contributed by atoms with E-state index >= 15 is 0 Å². The van der Waals surface area contributed by atoms with Crippen LogP contribution in [-0.4, -0.2) is 16.0 Å². The SMILES string of the molecule is C.C.NC(=O)S.NC(=O)S.O.[H-].[K+]. The van der Waals surface area contributed by atoms with Crippen molar-refractivity contribution in [3.8, 4) is 0 Å². The quantitative estimate of drug-likeness (QED) is 0.280. The van der Waals surface area contributed by atoms with E-state index in [0.29, 0.717) is 0 Å². The van der Waals surface area contributed by atoms with Gasteiger partial charge in [0.1, 0.15) is 0 Å². The molecule has 0 saturated carbocycles. The van der Waals surface area contributed by atoms with Crippen LogP contribution in [0.2, 0.25) is 0 Å². The molecule has 0 aliphatic rings. The summed E-state index contributed by atoms with van der Waals surface area (Å²) in [6, 6.07) is 0. The van der Waals surface area contributed by atoms with E-state index in [0.717, 1.165) is 0 Å². The number of hydrogen-bond donors (Lipinski definition) is 4. The molecule has 0 unspecified atom stereocenters. The molecule has 0 heterocycles. The van der Waals surface area contributed by atoms with Crippen LogP contribution in [-0.2, 0) is 0 Å². The first-order valence-corrected chi connectivity index (χ1v) is 2.33. The Kier molecular flexibility index (Phi) is 93.0. The standard InChI is InChI=1S/2CH3NOS.2CH4.K.H2O.H/c2*2-1(3)4;;;;;/h2*(H3,2,3,4);2*1H4;;1H2;/q;;;;+1;;-1. The summed E-state index contributed by atoms with van der Waals surface area (Å²) in [6.45, 7) is 0. The van der Waals surface area contributed by atoms with Gasteiger partial charge in [0.25, 0.3) is 10.5 Å². The number of carbonyl (C=O) groups excluding carboxylic acids is 2.